The summed E-state index contributed by atoms with van der Waals surface area (Å²) in [6.45, 7) is 20.5. The van der Waals surface area contributed by atoms with Crippen LogP contribution in [-0.4, -0.2) is 9.97 Å². The zero-order valence-electron chi connectivity index (χ0n) is 30.3. The van der Waals surface area contributed by atoms with Crippen molar-refractivity contribution in [2.75, 3.05) is 0 Å². The standard InChI is InChI=1S/C46H46N2O/c1-44(2,3)34-26-36-35-24-33(25-37(45(4,5)6)41(35)49-42(36)38(27-34)46(7,8)9)29-20-22-32(23-21-29)43-47-39(30-16-12-10-13-17-30)28-40(48-43)31-18-14-11-15-19-31/h10-28H,1-9H3. The van der Waals surface area contributed by atoms with Gasteiger partial charge in [-0.3, -0.25) is 0 Å². The molecule has 0 spiro atoms. The highest BCUT2D eigenvalue weighted by atomic mass is 16.3. The summed E-state index contributed by atoms with van der Waals surface area (Å²) in [4.78, 5) is 10.1. The fourth-order valence-electron chi connectivity index (χ4n) is 6.60. The van der Waals surface area contributed by atoms with E-state index >= 15 is 0 Å². The first-order valence-electron chi connectivity index (χ1n) is 17.3. The molecule has 0 unspecified atom stereocenters. The molecule has 3 heteroatoms. The van der Waals surface area contributed by atoms with E-state index in [0.29, 0.717) is 5.82 Å². The number of hydrogen-bond donors (Lipinski definition) is 0. The first kappa shape index (κ1) is 32.5. The molecule has 0 saturated carbocycles. The predicted molar refractivity (Wildman–Crippen MR) is 207 cm³/mol. The first-order chi connectivity index (χ1) is 23.2. The highest BCUT2D eigenvalue weighted by molar-refractivity contribution is 6.09. The van der Waals surface area contributed by atoms with Crippen LogP contribution in [0.5, 0.6) is 0 Å². The Hall–Kier alpha value is -5.02. The molecule has 2 aromatic heterocycles. The Balaban J connectivity index is 1.39. The molecule has 7 aromatic rings. The molecule has 0 fully saturated rings. The Labute approximate surface area is 291 Å². The zero-order chi connectivity index (χ0) is 34.7. The van der Waals surface area contributed by atoms with Crippen LogP contribution >= 0.6 is 0 Å². The SMILES string of the molecule is CC(C)(C)c1cc(C(C)(C)C)c2oc3c(C(C)(C)C)cc(-c4ccc(-c5nc(-c6ccccc6)cc(-c6ccccc6)n5)cc4)cc3c2c1. The monoisotopic (exact) mass is 642 g/mol. The zero-order valence-corrected chi connectivity index (χ0v) is 30.3. The first-order valence-corrected chi connectivity index (χ1v) is 17.3. The van der Waals surface area contributed by atoms with Crippen LogP contribution in [-0.2, 0) is 16.2 Å². The van der Waals surface area contributed by atoms with Crippen molar-refractivity contribution in [1.29, 1.82) is 0 Å². The van der Waals surface area contributed by atoms with Crippen molar-refractivity contribution in [3.8, 4) is 45.0 Å². The van der Waals surface area contributed by atoms with Crippen molar-refractivity contribution in [1.82, 2.24) is 9.97 Å². The van der Waals surface area contributed by atoms with Gasteiger partial charge in [0, 0.05) is 38.6 Å². The molecule has 0 aliphatic heterocycles. The lowest BCUT2D eigenvalue weighted by Crippen LogP contribution is -2.16. The van der Waals surface area contributed by atoms with E-state index in [0.717, 1.165) is 44.8 Å². The van der Waals surface area contributed by atoms with E-state index in [9.17, 15) is 0 Å². The fraction of sp³-hybridized carbons (Fsp3) is 0.261. The van der Waals surface area contributed by atoms with Gasteiger partial charge in [-0.25, -0.2) is 9.97 Å². The summed E-state index contributed by atoms with van der Waals surface area (Å²) >= 11 is 0. The number of aromatic nitrogens is 2. The third-order valence-electron chi connectivity index (χ3n) is 9.50. The predicted octanol–water partition coefficient (Wildman–Crippen LogP) is 12.9. The third-order valence-corrected chi connectivity index (χ3v) is 9.50. The molecule has 0 amide bonds. The third kappa shape index (κ3) is 6.31. The van der Waals surface area contributed by atoms with E-state index in [1.54, 1.807) is 0 Å². The van der Waals surface area contributed by atoms with Crippen LogP contribution in [0.1, 0.15) is 79.0 Å². The van der Waals surface area contributed by atoms with Crippen molar-refractivity contribution in [3.05, 3.63) is 132 Å². The van der Waals surface area contributed by atoms with Gasteiger partial charge in [0.05, 0.1) is 11.4 Å². The lowest BCUT2D eigenvalue weighted by Gasteiger charge is -2.25. The second-order valence-electron chi connectivity index (χ2n) is 16.4. The molecule has 0 radical (unpaired) electrons. The van der Waals surface area contributed by atoms with Crippen molar-refractivity contribution in [2.45, 2.75) is 78.6 Å². The molecule has 0 N–H and O–H groups in total. The molecule has 0 saturated heterocycles. The number of benzene rings is 5. The van der Waals surface area contributed by atoms with Crippen molar-refractivity contribution in [3.63, 3.8) is 0 Å². The highest BCUT2D eigenvalue weighted by Crippen LogP contribution is 2.44. The molecule has 2 heterocycles. The average Bonchev–Trinajstić information content (AvgIpc) is 3.45. The van der Waals surface area contributed by atoms with E-state index in [1.807, 2.05) is 36.4 Å². The normalized spacial score (nSPS) is 12.6. The topological polar surface area (TPSA) is 38.9 Å². The van der Waals surface area contributed by atoms with E-state index in [4.69, 9.17) is 14.4 Å². The minimum Gasteiger partial charge on any atom is -0.455 e. The highest BCUT2D eigenvalue weighted by Gasteiger charge is 2.28. The van der Waals surface area contributed by atoms with Crippen molar-refractivity contribution >= 4 is 21.9 Å². The Morgan fingerprint density at radius 2 is 0.878 bits per heavy atom. The molecular formula is C46H46N2O. The van der Waals surface area contributed by atoms with E-state index < -0.39 is 0 Å². The van der Waals surface area contributed by atoms with Gasteiger partial charge >= 0.3 is 0 Å². The maximum absolute atomic E-state index is 6.88. The van der Waals surface area contributed by atoms with Gasteiger partial charge in [0.15, 0.2) is 5.82 Å². The van der Waals surface area contributed by atoms with Crippen LogP contribution in [0, 0.1) is 0 Å². The lowest BCUT2D eigenvalue weighted by molar-refractivity contribution is 0.550. The molecule has 3 nitrogen and oxygen atoms in total. The van der Waals surface area contributed by atoms with Crippen LogP contribution in [0.4, 0.5) is 0 Å². The molecule has 0 bridgehead atoms. The largest absolute Gasteiger partial charge is 0.455 e. The van der Waals surface area contributed by atoms with Gasteiger partial charge < -0.3 is 4.42 Å². The van der Waals surface area contributed by atoms with Crippen LogP contribution in [0.2, 0.25) is 0 Å². The Morgan fingerprint density at radius 3 is 1.37 bits per heavy atom. The summed E-state index contributed by atoms with van der Waals surface area (Å²) in [5, 5.41) is 2.36. The van der Waals surface area contributed by atoms with Crippen LogP contribution in [0.25, 0.3) is 67.0 Å². The second-order valence-corrected chi connectivity index (χ2v) is 16.4. The summed E-state index contributed by atoms with van der Waals surface area (Å²) in [5.41, 5.74) is 12.9. The summed E-state index contributed by atoms with van der Waals surface area (Å²) < 4.78 is 6.88. The molecular weight excluding hydrogens is 597 g/mol. The number of fused-ring (bicyclic) bond motifs is 3. The summed E-state index contributed by atoms with van der Waals surface area (Å²) in [6.07, 6.45) is 0. The molecule has 246 valence electrons. The molecule has 5 aromatic carbocycles. The Morgan fingerprint density at radius 1 is 0.408 bits per heavy atom. The molecule has 7 rings (SSSR count). The minimum absolute atomic E-state index is 0.0122. The number of nitrogens with zero attached hydrogens (tertiary/aromatic N) is 2. The summed E-state index contributed by atoms with van der Waals surface area (Å²) in [6, 6.07) is 40.8. The summed E-state index contributed by atoms with van der Waals surface area (Å²) in [7, 11) is 0. The molecule has 0 aliphatic rings. The van der Waals surface area contributed by atoms with Crippen LogP contribution in [0.3, 0.4) is 0 Å². The van der Waals surface area contributed by atoms with Crippen molar-refractivity contribution < 1.29 is 4.42 Å². The second kappa shape index (κ2) is 11.8. The summed E-state index contributed by atoms with van der Waals surface area (Å²) in [5.74, 6) is 0.711. The Bertz CT molecular complexity index is 2230. The molecule has 0 aliphatic carbocycles. The van der Waals surface area contributed by atoms with Gasteiger partial charge in [-0.1, -0.05) is 153 Å². The number of hydrogen-bond acceptors (Lipinski definition) is 3. The molecule has 49 heavy (non-hydrogen) atoms. The maximum Gasteiger partial charge on any atom is 0.160 e. The van der Waals surface area contributed by atoms with Gasteiger partial charge in [-0.2, -0.15) is 0 Å². The lowest BCUT2D eigenvalue weighted by atomic mass is 9.79. The molecule has 0 atom stereocenters. The quantitative estimate of drug-likeness (QED) is 0.192. The smallest absolute Gasteiger partial charge is 0.160 e. The van der Waals surface area contributed by atoms with Crippen molar-refractivity contribution in [2.24, 2.45) is 0 Å². The number of furan rings is 1. The van der Waals surface area contributed by atoms with Gasteiger partial charge in [0.1, 0.15) is 11.2 Å². The van der Waals surface area contributed by atoms with Gasteiger partial charge in [-0.05, 0) is 57.2 Å². The Kier molecular flexibility index (Phi) is 7.86. The van der Waals surface area contributed by atoms with E-state index in [-0.39, 0.29) is 16.2 Å². The fourth-order valence-corrected chi connectivity index (χ4v) is 6.60. The number of rotatable bonds is 4. The van der Waals surface area contributed by atoms with Gasteiger partial charge in [0.2, 0.25) is 0 Å². The van der Waals surface area contributed by atoms with Gasteiger partial charge in [0.25, 0.3) is 0 Å². The van der Waals surface area contributed by atoms with Crippen LogP contribution < -0.4 is 0 Å². The maximum atomic E-state index is 6.88. The average molecular weight is 643 g/mol. The van der Waals surface area contributed by atoms with Gasteiger partial charge in [-0.15, -0.1) is 0 Å². The minimum atomic E-state index is -0.115. The van der Waals surface area contributed by atoms with E-state index in [2.05, 4.69) is 141 Å². The van der Waals surface area contributed by atoms with E-state index in [1.165, 1.54) is 33.0 Å². The van der Waals surface area contributed by atoms with Crippen LogP contribution in [0.15, 0.2) is 120 Å².